The number of nitrogens with one attached hydrogen (secondary N) is 1. The maximum Gasteiger partial charge on any atom is 0.242 e. The average molecular weight is 384 g/mol. The van der Waals surface area contributed by atoms with Gasteiger partial charge in [-0.05, 0) is 43.0 Å². The Morgan fingerprint density at radius 3 is 2.36 bits per heavy atom. The number of rotatable bonds is 10. The van der Waals surface area contributed by atoms with Crippen LogP contribution in [0.25, 0.3) is 0 Å². The van der Waals surface area contributed by atoms with E-state index in [1.807, 2.05) is 30.3 Å². The Bertz CT molecular complexity index is 747. The van der Waals surface area contributed by atoms with Crippen molar-refractivity contribution in [3.05, 3.63) is 71.5 Å². The fourth-order valence-corrected chi connectivity index (χ4v) is 2.94. The van der Waals surface area contributed by atoms with Crippen molar-refractivity contribution in [1.29, 1.82) is 0 Å². The molecular formula is C23H29FN2O2. The summed E-state index contributed by atoms with van der Waals surface area (Å²) in [6.45, 7) is 4.67. The highest BCUT2D eigenvalue weighted by molar-refractivity contribution is 5.87. The normalized spacial score (nSPS) is 11.7. The third-order valence-corrected chi connectivity index (χ3v) is 4.73. The molecule has 2 rings (SSSR count). The molecule has 0 spiro atoms. The summed E-state index contributed by atoms with van der Waals surface area (Å²) in [5.74, 6) is -0.578. The summed E-state index contributed by atoms with van der Waals surface area (Å²) in [5, 5.41) is 2.89. The fourth-order valence-electron chi connectivity index (χ4n) is 2.94. The number of unbranched alkanes of at least 4 members (excludes halogenated alkanes) is 1. The lowest BCUT2D eigenvalue weighted by molar-refractivity contribution is -0.140. The highest BCUT2D eigenvalue weighted by atomic mass is 19.1. The van der Waals surface area contributed by atoms with Crippen LogP contribution in [0.15, 0.2) is 54.6 Å². The smallest absolute Gasteiger partial charge is 0.242 e. The molecule has 0 saturated carbocycles. The van der Waals surface area contributed by atoms with Crippen LogP contribution in [-0.4, -0.2) is 29.3 Å². The van der Waals surface area contributed by atoms with Crippen LogP contribution in [0.4, 0.5) is 4.39 Å². The first-order chi connectivity index (χ1) is 13.5. The second-order valence-corrected chi connectivity index (χ2v) is 6.95. The molecule has 4 nitrogen and oxygen atoms in total. The summed E-state index contributed by atoms with van der Waals surface area (Å²) >= 11 is 0. The minimum absolute atomic E-state index is 0.0914. The van der Waals surface area contributed by atoms with E-state index in [1.54, 1.807) is 24.0 Å². The van der Waals surface area contributed by atoms with E-state index in [0.717, 1.165) is 24.0 Å². The van der Waals surface area contributed by atoms with Crippen LogP contribution in [-0.2, 0) is 22.6 Å². The lowest BCUT2D eigenvalue weighted by atomic mass is 10.1. The van der Waals surface area contributed by atoms with Crippen molar-refractivity contribution in [2.45, 2.75) is 52.1 Å². The van der Waals surface area contributed by atoms with Crippen molar-refractivity contribution in [1.82, 2.24) is 10.2 Å². The van der Waals surface area contributed by atoms with Crippen LogP contribution >= 0.6 is 0 Å². The van der Waals surface area contributed by atoms with Gasteiger partial charge in [0.15, 0.2) is 0 Å². The minimum atomic E-state index is -0.592. The van der Waals surface area contributed by atoms with Crippen molar-refractivity contribution < 1.29 is 14.0 Å². The van der Waals surface area contributed by atoms with Gasteiger partial charge in [-0.25, -0.2) is 4.39 Å². The summed E-state index contributed by atoms with van der Waals surface area (Å²) < 4.78 is 13.2. The van der Waals surface area contributed by atoms with Gasteiger partial charge in [-0.2, -0.15) is 0 Å². The lowest BCUT2D eigenvalue weighted by Gasteiger charge is -2.29. The Morgan fingerprint density at radius 2 is 1.71 bits per heavy atom. The maximum atomic E-state index is 13.2. The van der Waals surface area contributed by atoms with E-state index in [9.17, 15) is 14.0 Å². The number of hydrogen-bond acceptors (Lipinski definition) is 2. The Balaban J connectivity index is 2.08. The molecule has 150 valence electrons. The zero-order valence-electron chi connectivity index (χ0n) is 16.7. The first kappa shape index (κ1) is 21.6. The molecule has 5 heteroatoms. The van der Waals surface area contributed by atoms with Gasteiger partial charge in [0, 0.05) is 19.5 Å². The summed E-state index contributed by atoms with van der Waals surface area (Å²) in [7, 11) is 0. The van der Waals surface area contributed by atoms with Crippen molar-refractivity contribution in [3.8, 4) is 0 Å². The first-order valence-electron chi connectivity index (χ1n) is 9.86. The van der Waals surface area contributed by atoms with E-state index in [4.69, 9.17) is 0 Å². The van der Waals surface area contributed by atoms with Gasteiger partial charge in [-0.3, -0.25) is 9.59 Å². The van der Waals surface area contributed by atoms with Crippen LogP contribution in [0.3, 0.4) is 0 Å². The third kappa shape index (κ3) is 6.80. The number of amides is 2. The topological polar surface area (TPSA) is 49.4 Å². The fraction of sp³-hybridized carbons (Fsp3) is 0.391. The molecule has 0 heterocycles. The predicted molar refractivity (Wildman–Crippen MR) is 109 cm³/mol. The van der Waals surface area contributed by atoms with Gasteiger partial charge in [0.1, 0.15) is 11.9 Å². The van der Waals surface area contributed by atoms with Crippen LogP contribution in [0, 0.1) is 5.82 Å². The Hall–Kier alpha value is -2.69. The maximum absolute atomic E-state index is 13.2. The molecule has 0 unspecified atom stereocenters. The lowest BCUT2D eigenvalue weighted by Crippen LogP contribution is -2.47. The largest absolute Gasteiger partial charge is 0.354 e. The Morgan fingerprint density at radius 1 is 1.04 bits per heavy atom. The van der Waals surface area contributed by atoms with E-state index in [1.165, 1.54) is 12.1 Å². The number of benzene rings is 2. The molecular weight excluding hydrogens is 355 g/mol. The summed E-state index contributed by atoms with van der Waals surface area (Å²) in [6, 6.07) is 15.2. The molecule has 0 aliphatic heterocycles. The molecule has 1 atom stereocenters. The molecule has 2 aromatic carbocycles. The van der Waals surface area contributed by atoms with Gasteiger partial charge in [0.25, 0.3) is 0 Å². The van der Waals surface area contributed by atoms with E-state index in [2.05, 4.69) is 12.2 Å². The van der Waals surface area contributed by atoms with E-state index < -0.39 is 6.04 Å². The van der Waals surface area contributed by atoms with Gasteiger partial charge >= 0.3 is 0 Å². The zero-order chi connectivity index (χ0) is 20.4. The molecule has 2 aromatic rings. The molecule has 2 amide bonds. The molecule has 0 aliphatic carbocycles. The van der Waals surface area contributed by atoms with Gasteiger partial charge < -0.3 is 10.2 Å². The summed E-state index contributed by atoms with van der Waals surface area (Å²) in [5.41, 5.74) is 1.88. The number of carbonyl (C=O) groups is 2. The van der Waals surface area contributed by atoms with Gasteiger partial charge in [0.05, 0.1) is 0 Å². The van der Waals surface area contributed by atoms with E-state index in [-0.39, 0.29) is 24.2 Å². The predicted octanol–water partition coefficient (Wildman–Crippen LogP) is 4.09. The van der Waals surface area contributed by atoms with Crippen molar-refractivity contribution in [3.63, 3.8) is 0 Å². The van der Waals surface area contributed by atoms with Gasteiger partial charge in [0.2, 0.25) is 11.8 Å². The molecule has 0 aromatic heterocycles. The zero-order valence-corrected chi connectivity index (χ0v) is 16.7. The second-order valence-electron chi connectivity index (χ2n) is 6.95. The number of hydrogen-bond donors (Lipinski definition) is 1. The molecule has 0 fully saturated rings. The number of nitrogens with zero attached hydrogens (tertiary/aromatic N) is 1. The standard InChI is InChI=1S/C23H29FN2O2/c1-3-4-16-25-23(28)18(2)26(17-20-10-13-21(24)14-11-20)22(27)15-12-19-8-6-5-7-9-19/h5-11,13-14,18H,3-4,12,15-17H2,1-2H3,(H,25,28)/t18-/m0/s1. The molecule has 0 radical (unpaired) electrons. The van der Waals surface area contributed by atoms with Crippen molar-refractivity contribution >= 4 is 11.8 Å². The first-order valence-corrected chi connectivity index (χ1v) is 9.86. The van der Waals surface area contributed by atoms with Crippen LogP contribution in [0.2, 0.25) is 0 Å². The van der Waals surface area contributed by atoms with Gasteiger partial charge in [-0.1, -0.05) is 55.8 Å². The second kappa shape index (κ2) is 11.2. The van der Waals surface area contributed by atoms with Crippen molar-refractivity contribution in [2.75, 3.05) is 6.54 Å². The van der Waals surface area contributed by atoms with E-state index in [0.29, 0.717) is 19.4 Å². The quantitative estimate of drug-likeness (QED) is 0.627. The van der Waals surface area contributed by atoms with Crippen LogP contribution in [0.1, 0.15) is 44.2 Å². The Kier molecular flexibility index (Phi) is 8.66. The highest BCUT2D eigenvalue weighted by Crippen LogP contribution is 2.13. The average Bonchev–Trinajstić information content (AvgIpc) is 2.72. The molecule has 0 saturated heterocycles. The van der Waals surface area contributed by atoms with Crippen LogP contribution in [0.5, 0.6) is 0 Å². The molecule has 0 bridgehead atoms. The molecule has 1 N–H and O–H groups in total. The van der Waals surface area contributed by atoms with Crippen LogP contribution < -0.4 is 5.32 Å². The van der Waals surface area contributed by atoms with Crippen molar-refractivity contribution in [2.24, 2.45) is 0 Å². The molecule has 0 aliphatic rings. The Labute approximate surface area is 166 Å². The number of aryl methyl sites for hydroxylation is 1. The van der Waals surface area contributed by atoms with E-state index >= 15 is 0 Å². The SMILES string of the molecule is CCCCNC(=O)[C@H](C)N(Cc1ccc(F)cc1)C(=O)CCc1ccccc1. The summed E-state index contributed by atoms with van der Waals surface area (Å²) in [6.07, 6.45) is 2.82. The summed E-state index contributed by atoms with van der Waals surface area (Å²) in [4.78, 5) is 27.0. The highest BCUT2D eigenvalue weighted by Gasteiger charge is 2.25. The molecule has 28 heavy (non-hydrogen) atoms. The minimum Gasteiger partial charge on any atom is -0.354 e. The monoisotopic (exact) mass is 384 g/mol. The number of halogens is 1. The van der Waals surface area contributed by atoms with Gasteiger partial charge in [-0.15, -0.1) is 0 Å². The third-order valence-electron chi connectivity index (χ3n) is 4.73. The number of carbonyl (C=O) groups excluding carboxylic acids is 2.